The number of thiazole rings is 1. The van der Waals surface area contributed by atoms with Gasteiger partial charge >= 0.3 is 0 Å². The molecule has 24 heavy (non-hydrogen) atoms. The number of aromatic nitrogens is 1. The normalized spacial score (nSPS) is 18.7. The van der Waals surface area contributed by atoms with Crippen molar-refractivity contribution < 1.29 is 14.2 Å². The lowest BCUT2D eigenvalue weighted by molar-refractivity contribution is 0.111. The Balaban J connectivity index is 1.53. The number of aliphatic hydroxyl groups is 1. The fourth-order valence-corrected chi connectivity index (χ4v) is 3.81. The Morgan fingerprint density at radius 2 is 2.12 bits per heavy atom. The maximum absolute atomic E-state index is 12.9. The third-order valence-electron chi connectivity index (χ3n) is 4.35. The van der Waals surface area contributed by atoms with E-state index >= 15 is 0 Å². The third kappa shape index (κ3) is 4.75. The Bertz CT molecular complexity index is 630. The van der Waals surface area contributed by atoms with E-state index in [1.54, 1.807) is 23.5 Å². The molecule has 2 aromatic rings. The van der Waals surface area contributed by atoms with Gasteiger partial charge in [-0.15, -0.1) is 11.3 Å². The average molecular weight is 350 g/mol. The van der Waals surface area contributed by atoms with Gasteiger partial charge in [-0.05, 0) is 50.1 Å². The first-order valence-corrected chi connectivity index (χ1v) is 9.29. The molecule has 0 radical (unpaired) electrons. The van der Waals surface area contributed by atoms with E-state index in [1.165, 1.54) is 25.0 Å². The van der Waals surface area contributed by atoms with Crippen LogP contribution in [0.1, 0.15) is 36.4 Å². The highest BCUT2D eigenvalue weighted by Crippen LogP contribution is 2.23. The number of likely N-dealkylation sites (tertiary alicyclic amines) is 1. The zero-order valence-electron chi connectivity index (χ0n) is 13.7. The van der Waals surface area contributed by atoms with Crippen molar-refractivity contribution >= 4 is 11.3 Å². The van der Waals surface area contributed by atoms with E-state index in [4.69, 9.17) is 4.74 Å². The van der Waals surface area contributed by atoms with Crippen molar-refractivity contribution in [3.05, 3.63) is 46.2 Å². The number of benzene rings is 1. The van der Waals surface area contributed by atoms with Crippen molar-refractivity contribution in [3.8, 4) is 5.75 Å². The number of aliphatic hydroxyl groups excluding tert-OH is 1. The van der Waals surface area contributed by atoms with Crippen molar-refractivity contribution in [2.75, 3.05) is 13.2 Å². The maximum atomic E-state index is 12.9. The molecule has 1 atom stereocenters. The Morgan fingerprint density at radius 1 is 1.29 bits per heavy atom. The van der Waals surface area contributed by atoms with Gasteiger partial charge in [-0.2, -0.15) is 0 Å². The van der Waals surface area contributed by atoms with Gasteiger partial charge in [0.05, 0.1) is 5.69 Å². The summed E-state index contributed by atoms with van der Waals surface area (Å²) in [6, 6.07) is 6.48. The zero-order valence-corrected chi connectivity index (χ0v) is 14.5. The number of halogens is 1. The van der Waals surface area contributed by atoms with E-state index in [-0.39, 0.29) is 12.4 Å². The summed E-state index contributed by atoms with van der Waals surface area (Å²) in [7, 11) is 0. The lowest BCUT2D eigenvalue weighted by Gasteiger charge is -2.35. The van der Waals surface area contributed by atoms with Gasteiger partial charge in [0.25, 0.3) is 0 Å². The van der Waals surface area contributed by atoms with Crippen LogP contribution in [-0.4, -0.2) is 34.2 Å². The molecule has 4 nitrogen and oxygen atoms in total. The Kier molecular flexibility index (Phi) is 6.18. The van der Waals surface area contributed by atoms with Gasteiger partial charge in [-0.25, -0.2) is 9.37 Å². The molecular formula is C18H23FN2O2S. The fraction of sp³-hybridized carbons (Fsp3) is 0.500. The number of piperidine rings is 1. The highest BCUT2D eigenvalue weighted by atomic mass is 32.1. The molecule has 1 aliphatic rings. The molecule has 3 rings (SSSR count). The van der Waals surface area contributed by atoms with Crippen molar-refractivity contribution in [3.63, 3.8) is 0 Å². The van der Waals surface area contributed by atoms with Crippen LogP contribution in [0.5, 0.6) is 5.75 Å². The lowest BCUT2D eigenvalue weighted by Crippen LogP contribution is -2.39. The Hall–Kier alpha value is -1.50. The van der Waals surface area contributed by atoms with Crippen LogP contribution in [0.2, 0.25) is 0 Å². The van der Waals surface area contributed by atoms with Crippen molar-refractivity contribution in [1.82, 2.24) is 9.88 Å². The van der Waals surface area contributed by atoms with Crippen LogP contribution < -0.4 is 4.74 Å². The van der Waals surface area contributed by atoms with E-state index in [1.807, 2.05) is 0 Å². The number of ether oxygens (including phenoxy) is 1. The number of rotatable bonds is 7. The molecule has 2 heterocycles. The van der Waals surface area contributed by atoms with Gasteiger partial charge in [0.2, 0.25) is 0 Å². The van der Waals surface area contributed by atoms with Crippen LogP contribution in [0.25, 0.3) is 0 Å². The molecule has 1 aromatic heterocycles. The van der Waals surface area contributed by atoms with Gasteiger partial charge < -0.3 is 9.84 Å². The second-order valence-corrected chi connectivity index (χ2v) is 7.05. The molecule has 0 aliphatic carbocycles. The first-order chi connectivity index (χ1) is 11.7. The van der Waals surface area contributed by atoms with Crippen LogP contribution in [0, 0.1) is 5.82 Å². The molecule has 1 aliphatic heterocycles. The minimum Gasteiger partial charge on any atom is -0.486 e. The molecular weight excluding hydrogens is 327 g/mol. The molecule has 0 amide bonds. The smallest absolute Gasteiger partial charge is 0.140 e. The average Bonchev–Trinajstić information content (AvgIpc) is 3.04. The van der Waals surface area contributed by atoms with Gasteiger partial charge in [-0.3, -0.25) is 4.90 Å². The van der Waals surface area contributed by atoms with Crippen LogP contribution in [0.15, 0.2) is 29.6 Å². The van der Waals surface area contributed by atoms with Crippen LogP contribution in [0.4, 0.5) is 4.39 Å². The highest BCUT2D eigenvalue weighted by Gasteiger charge is 2.22. The fourth-order valence-electron chi connectivity index (χ4n) is 3.12. The minimum absolute atomic E-state index is 0.245. The molecule has 6 heteroatoms. The molecule has 1 unspecified atom stereocenters. The standard InChI is InChI=1S/C18H23FN2O2S/c19-14-4-6-17(7-5-14)23-12-18-20-15(13-24-18)11-21-9-2-1-3-16(21)8-10-22/h4-7,13,16,22H,1-3,8-12H2. The lowest BCUT2D eigenvalue weighted by atomic mass is 9.99. The van der Waals surface area contributed by atoms with E-state index in [0.29, 0.717) is 18.4 Å². The summed E-state index contributed by atoms with van der Waals surface area (Å²) in [5.74, 6) is 0.380. The van der Waals surface area contributed by atoms with Gasteiger partial charge in [0.1, 0.15) is 23.2 Å². The second kappa shape index (κ2) is 8.55. The summed E-state index contributed by atoms with van der Waals surface area (Å²) in [6.07, 6.45) is 4.46. The third-order valence-corrected chi connectivity index (χ3v) is 5.22. The molecule has 1 aromatic carbocycles. The molecule has 1 fully saturated rings. The molecule has 1 saturated heterocycles. The van der Waals surface area contributed by atoms with Crippen LogP contribution >= 0.6 is 11.3 Å². The first kappa shape index (κ1) is 17.3. The van der Waals surface area contributed by atoms with E-state index in [0.717, 1.165) is 36.6 Å². The number of hydrogen-bond acceptors (Lipinski definition) is 5. The van der Waals surface area contributed by atoms with E-state index in [2.05, 4.69) is 15.3 Å². The molecule has 130 valence electrons. The summed E-state index contributed by atoms with van der Waals surface area (Å²) in [6.45, 7) is 2.55. The predicted molar refractivity (Wildman–Crippen MR) is 92.6 cm³/mol. The topological polar surface area (TPSA) is 45.6 Å². The van der Waals surface area contributed by atoms with E-state index in [9.17, 15) is 9.50 Å². The second-order valence-electron chi connectivity index (χ2n) is 6.11. The van der Waals surface area contributed by atoms with Crippen LogP contribution in [-0.2, 0) is 13.2 Å². The van der Waals surface area contributed by atoms with Gasteiger partial charge in [0, 0.05) is 24.6 Å². The first-order valence-electron chi connectivity index (χ1n) is 8.41. The van der Waals surface area contributed by atoms with Gasteiger partial charge in [-0.1, -0.05) is 6.42 Å². The molecule has 0 saturated carbocycles. The largest absolute Gasteiger partial charge is 0.486 e. The molecule has 1 N–H and O–H groups in total. The number of hydrogen-bond donors (Lipinski definition) is 1. The van der Waals surface area contributed by atoms with Crippen LogP contribution in [0.3, 0.4) is 0 Å². The summed E-state index contributed by atoms with van der Waals surface area (Å²) in [5.41, 5.74) is 1.06. The van der Waals surface area contributed by atoms with Gasteiger partial charge in [0.15, 0.2) is 0 Å². The summed E-state index contributed by atoms with van der Waals surface area (Å²) >= 11 is 1.59. The zero-order chi connectivity index (χ0) is 16.8. The molecule has 0 bridgehead atoms. The van der Waals surface area contributed by atoms with E-state index < -0.39 is 0 Å². The quantitative estimate of drug-likeness (QED) is 0.829. The highest BCUT2D eigenvalue weighted by molar-refractivity contribution is 7.09. The van der Waals surface area contributed by atoms with Crippen molar-refractivity contribution in [2.45, 2.75) is 44.9 Å². The summed E-state index contributed by atoms with van der Waals surface area (Å²) in [4.78, 5) is 7.08. The maximum Gasteiger partial charge on any atom is 0.140 e. The predicted octanol–water partition coefficient (Wildman–Crippen LogP) is 3.60. The van der Waals surface area contributed by atoms with Crippen molar-refractivity contribution in [1.29, 1.82) is 0 Å². The SMILES string of the molecule is OCCC1CCCCN1Cc1csc(COc2ccc(F)cc2)n1. The molecule has 0 spiro atoms. The minimum atomic E-state index is -0.266. The Morgan fingerprint density at radius 3 is 2.92 bits per heavy atom. The Labute approximate surface area is 145 Å². The summed E-state index contributed by atoms with van der Waals surface area (Å²) < 4.78 is 18.5. The van der Waals surface area contributed by atoms with Crippen molar-refractivity contribution in [2.24, 2.45) is 0 Å². The monoisotopic (exact) mass is 350 g/mol. The summed E-state index contributed by atoms with van der Waals surface area (Å²) in [5, 5.41) is 12.2. The number of nitrogens with zero attached hydrogens (tertiary/aromatic N) is 2.